The van der Waals surface area contributed by atoms with Crippen LogP contribution in [0.25, 0.3) is 0 Å². The number of hydrogen-bond acceptors (Lipinski definition) is 14. The summed E-state index contributed by atoms with van der Waals surface area (Å²) < 4.78 is 32.6. The summed E-state index contributed by atoms with van der Waals surface area (Å²) in [5, 5.41) is 43.7. The molecule has 5 rings (SSSR count). The number of carbonyl (C=O) groups excluding carboxylic acids is 4. The van der Waals surface area contributed by atoms with Crippen molar-refractivity contribution in [3.8, 4) is 5.75 Å². The number of Topliss-reactive ketones (excluding diaryl/α,β-unsaturated/α-hetero) is 1. The summed E-state index contributed by atoms with van der Waals surface area (Å²) in [5.41, 5.74) is -0.491. The van der Waals surface area contributed by atoms with Gasteiger partial charge in [0.2, 0.25) is 5.78 Å². The first-order chi connectivity index (χ1) is 24.0. The fraction of sp³-hybridized carbons (Fsp3) is 0.600. The quantitative estimate of drug-likeness (QED) is 0.0753. The molecule has 0 aromatic heterocycles. The van der Waals surface area contributed by atoms with Gasteiger partial charge in [0.1, 0.15) is 11.8 Å². The smallest absolute Gasteiger partial charge is 0.465 e. The summed E-state index contributed by atoms with van der Waals surface area (Å²) >= 11 is 0. The molecule has 3 fully saturated rings. The van der Waals surface area contributed by atoms with Crippen LogP contribution in [0.1, 0.15) is 57.9 Å². The minimum absolute atomic E-state index is 0.00434. The van der Waals surface area contributed by atoms with Gasteiger partial charge >= 0.3 is 12.1 Å². The lowest BCUT2D eigenvalue weighted by Crippen LogP contribution is -2.69. The second-order valence-electron chi connectivity index (χ2n) is 14.2. The van der Waals surface area contributed by atoms with E-state index in [2.05, 4.69) is 4.84 Å². The van der Waals surface area contributed by atoms with Gasteiger partial charge in [0.15, 0.2) is 23.7 Å². The van der Waals surface area contributed by atoms with Gasteiger partial charge < -0.3 is 40.1 Å². The van der Waals surface area contributed by atoms with Gasteiger partial charge in [0, 0.05) is 16.7 Å². The van der Waals surface area contributed by atoms with Gasteiger partial charge in [-0.3, -0.25) is 14.4 Å². The van der Waals surface area contributed by atoms with Crippen molar-refractivity contribution in [1.29, 1.82) is 0 Å². The first-order valence-electron chi connectivity index (χ1n) is 16.9. The molecule has 0 saturated heterocycles. The molecule has 0 aliphatic heterocycles. The highest BCUT2D eigenvalue weighted by molar-refractivity contribution is 6.01. The fourth-order valence-corrected chi connectivity index (χ4v) is 8.79. The minimum Gasteiger partial charge on any atom is -0.465 e. The Hall–Kier alpha value is -4.25. The molecule has 0 amide bonds. The lowest BCUT2D eigenvalue weighted by molar-refractivity contribution is -0.757. The molecule has 1 aromatic carbocycles. The zero-order valence-electron chi connectivity index (χ0n) is 28.3. The normalized spacial score (nSPS) is 34.3. The van der Waals surface area contributed by atoms with E-state index in [-0.39, 0.29) is 50.4 Å². The highest BCUT2D eigenvalue weighted by atomic mass is 19.1. The third kappa shape index (κ3) is 6.77. The number of ether oxygens (including phenoxy) is 3. The molecule has 0 unspecified atom stereocenters. The molecule has 15 nitrogen and oxygen atoms in total. The van der Waals surface area contributed by atoms with Gasteiger partial charge in [-0.1, -0.05) is 30.7 Å². The number of nitrogens with zero attached hydrogens (tertiary/aromatic N) is 1. The monoisotopic (exact) mass is 718 g/mol. The van der Waals surface area contributed by atoms with E-state index in [1.807, 2.05) is 0 Å². The van der Waals surface area contributed by atoms with Crippen molar-refractivity contribution < 1.29 is 63.0 Å². The van der Waals surface area contributed by atoms with E-state index in [0.717, 1.165) is 0 Å². The standard InChI is InChI=1S/C35H43FN2O13/c1-32-11-10-22(39)16-21(32)8-9-24-25-17-27(40)35(45,33(25,2)18-28(41)34(24,32)36)29(42)19-49-31(44)51-23-7-5-6-20(14-23)15-26(37)30(43)48-12-3-4-13-50-38(46)47/h5-7,10-11,14,16,24-28,40-41,45H,3-4,8-9,12-13,15,17-19,37H2,1-2H3/t24-,25-,26+,27-,28-,32-,33-,34-,35-/m0/s1. The number of ketones is 2. The largest absolute Gasteiger partial charge is 0.514 e. The Balaban J connectivity index is 1.17. The number of alkyl halides is 1. The van der Waals surface area contributed by atoms with Crippen LogP contribution in [0.2, 0.25) is 0 Å². The van der Waals surface area contributed by atoms with Crippen molar-refractivity contribution in [2.24, 2.45) is 28.4 Å². The summed E-state index contributed by atoms with van der Waals surface area (Å²) in [5.74, 6) is -3.60. The number of nitrogens with two attached hydrogens (primary N) is 1. The number of aliphatic hydroxyl groups excluding tert-OH is 2. The van der Waals surface area contributed by atoms with Gasteiger partial charge in [-0.2, -0.15) is 0 Å². The van der Waals surface area contributed by atoms with Crippen LogP contribution >= 0.6 is 0 Å². The number of esters is 1. The molecule has 51 heavy (non-hydrogen) atoms. The molecule has 1 aromatic rings. The number of allylic oxidation sites excluding steroid dienone is 4. The van der Waals surface area contributed by atoms with E-state index in [4.69, 9.17) is 19.9 Å². The highest BCUT2D eigenvalue weighted by Crippen LogP contribution is 2.69. The number of halogens is 1. The predicted molar refractivity (Wildman–Crippen MR) is 173 cm³/mol. The van der Waals surface area contributed by atoms with Gasteiger partial charge in [0.05, 0.1) is 25.4 Å². The first kappa shape index (κ1) is 38.0. The Morgan fingerprint density at radius 3 is 2.57 bits per heavy atom. The maximum Gasteiger partial charge on any atom is 0.514 e. The second kappa shape index (κ2) is 14.4. The molecule has 16 heteroatoms. The molecule has 5 N–H and O–H groups in total. The van der Waals surface area contributed by atoms with E-state index < -0.39 is 81.8 Å². The number of unbranched alkanes of at least 4 members (excludes halogenated alkanes) is 1. The van der Waals surface area contributed by atoms with Crippen molar-refractivity contribution in [2.45, 2.75) is 88.3 Å². The van der Waals surface area contributed by atoms with Crippen LogP contribution in [0.3, 0.4) is 0 Å². The predicted octanol–water partition coefficient (Wildman–Crippen LogP) is 2.25. The van der Waals surface area contributed by atoms with E-state index in [1.54, 1.807) is 13.0 Å². The van der Waals surface area contributed by atoms with Gasteiger partial charge in [-0.25, -0.2) is 9.18 Å². The topological polar surface area (TPSA) is 235 Å². The van der Waals surface area contributed by atoms with Crippen LogP contribution in [0, 0.1) is 32.8 Å². The Morgan fingerprint density at radius 2 is 1.84 bits per heavy atom. The van der Waals surface area contributed by atoms with Gasteiger partial charge in [0.25, 0.3) is 5.09 Å². The lowest BCUT2D eigenvalue weighted by atomic mass is 9.44. The van der Waals surface area contributed by atoms with Crippen molar-refractivity contribution in [1.82, 2.24) is 0 Å². The van der Waals surface area contributed by atoms with E-state index in [9.17, 15) is 44.6 Å². The number of benzene rings is 1. The van der Waals surface area contributed by atoms with Crippen molar-refractivity contribution in [2.75, 3.05) is 19.8 Å². The molecule has 0 heterocycles. The fourth-order valence-electron chi connectivity index (χ4n) is 8.79. The lowest BCUT2D eigenvalue weighted by Gasteiger charge is -2.62. The molecule has 0 radical (unpaired) electrons. The van der Waals surface area contributed by atoms with Crippen molar-refractivity contribution in [3.05, 3.63) is 63.7 Å². The number of aliphatic hydroxyl groups is 3. The van der Waals surface area contributed by atoms with Crippen molar-refractivity contribution in [3.63, 3.8) is 0 Å². The molecular weight excluding hydrogens is 675 g/mol. The maximum atomic E-state index is 17.3. The van der Waals surface area contributed by atoms with Gasteiger partial charge in [-0.05, 0) is 87.6 Å². The van der Waals surface area contributed by atoms with Crippen LogP contribution in [-0.4, -0.2) is 93.4 Å². The molecule has 4 aliphatic rings. The number of carbonyl (C=O) groups is 4. The average molecular weight is 719 g/mol. The molecule has 4 aliphatic carbocycles. The SMILES string of the molecule is C[C@]12C=CC(=O)C=C1CC[C@H]1[C@@H]3C[C@H](O)[C@](O)(C(=O)COC(=O)Oc4cccc(C[C@@H](N)C(=O)OCCCCO[N+](=O)[O-])c4)[C@@]3(C)C[C@H](O)[C@@]12F. The third-order valence-corrected chi connectivity index (χ3v) is 11.4. The Kier molecular flexibility index (Phi) is 10.7. The minimum atomic E-state index is -2.48. The summed E-state index contributed by atoms with van der Waals surface area (Å²) in [6.45, 7) is 2.04. The molecule has 278 valence electrons. The summed E-state index contributed by atoms with van der Waals surface area (Å²) in [4.78, 5) is 64.9. The van der Waals surface area contributed by atoms with Crippen LogP contribution in [0.4, 0.5) is 9.18 Å². The van der Waals surface area contributed by atoms with Gasteiger partial charge in [-0.15, -0.1) is 10.1 Å². The number of rotatable bonds is 13. The summed E-state index contributed by atoms with van der Waals surface area (Å²) in [7, 11) is 0. The zero-order valence-corrected chi connectivity index (χ0v) is 28.3. The van der Waals surface area contributed by atoms with E-state index in [1.165, 1.54) is 43.4 Å². The number of fused-ring (bicyclic) bond motifs is 5. The maximum absolute atomic E-state index is 17.3. The molecular formula is C35H43FN2O13. The molecule has 3 saturated carbocycles. The summed E-state index contributed by atoms with van der Waals surface area (Å²) in [6.07, 6.45) is 0.286. The number of hydrogen-bond donors (Lipinski definition) is 4. The third-order valence-electron chi connectivity index (χ3n) is 11.4. The van der Waals surface area contributed by atoms with Crippen LogP contribution in [0.5, 0.6) is 5.75 Å². The average Bonchev–Trinajstić information content (AvgIpc) is 3.27. The summed E-state index contributed by atoms with van der Waals surface area (Å²) in [6, 6.07) is 4.91. The Bertz CT molecular complexity index is 1630. The zero-order chi connectivity index (χ0) is 37.4. The second-order valence-corrected chi connectivity index (χ2v) is 14.2. The van der Waals surface area contributed by atoms with E-state index >= 15 is 4.39 Å². The van der Waals surface area contributed by atoms with Crippen LogP contribution in [0.15, 0.2) is 48.1 Å². The Morgan fingerprint density at radius 1 is 1.12 bits per heavy atom. The molecule has 0 bridgehead atoms. The van der Waals surface area contributed by atoms with Crippen LogP contribution in [-0.2, 0) is 35.1 Å². The Labute approximate surface area is 292 Å². The molecule has 0 spiro atoms. The van der Waals surface area contributed by atoms with Crippen molar-refractivity contribution >= 4 is 23.7 Å². The van der Waals surface area contributed by atoms with Crippen LogP contribution < -0.4 is 10.5 Å². The molecule has 9 atom stereocenters. The first-order valence-corrected chi connectivity index (χ1v) is 16.9. The van der Waals surface area contributed by atoms with E-state index in [0.29, 0.717) is 30.4 Å². The highest BCUT2D eigenvalue weighted by Gasteiger charge is 2.76.